The van der Waals surface area contributed by atoms with Crippen LogP contribution in [-0.4, -0.2) is 40.5 Å². The van der Waals surface area contributed by atoms with Crippen molar-refractivity contribution in [1.82, 2.24) is 14.8 Å². The standard InChI is InChI=1S/C25H29N3/c1-3-7-23(8-4-1)19-27-17-18-28(20-24-9-5-2-6-10-24)25(21-27)12-11-22-13-15-26-16-14-22/h1-10,13-16,25H,11-12,17-21H2/t25-/m0/s1. The highest BCUT2D eigenvalue weighted by Gasteiger charge is 2.26. The normalized spacial score (nSPS) is 18.2. The van der Waals surface area contributed by atoms with Crippen LogP contribution >= 0.6 is 0 Å². The van der Waals surface area contributed by atoms with Crippen molar-refractivity contribution in [1.29, 1.82) is 0 Å². The molecule has 0 unspecified atom stereocenters. The van der Waals surface area contributed by atoms with Crippen LogP contribution in [-0.2, 0) is 19.5 Å². The Hall–Kier alpha value is -2.49. The maximum Gasteiger partial charge on any atom is 0.0270 e. The zero-order valence-corrected chi connectivity index (χ0v) is 16.5. The lowest BCUT2D eigenvalue weighted by molar-refractivity contribution is 0.0597. The van der Waals surface area contributed by atoms with E-state index in [-0.39, 0.29) is 0 Å². The lowest BCUT2D eigenvalue weighted by atomic mass is 10.0. The van der Waals surface area contributed by atoms with Crippen molar-refractivity contribution in [3.8, 4) is 0 Å². The van der Waals surface area contributed by atoms with Gasteiger partial charge in [0.15, 0.2) is 0 Å². The van der Waals surface area contributed by atoms with Gasteiger partial charge in [-0.1, -0.05) is 60.7 Å². The van der Waals surface area contributed by atoms with Gasteiger partial charge in [-0.2, -0.15) is 0 Å². The first-order valence-electron chi connectivity index (χ1n) is 10.3. The Bertz CT molecular complexity index is 820. The number of hydrogen-bond acceptors (Lipinski definition) is 3. The molecule has 0 radical (unpaired) electrons. The molecule has 28 heavy (non-hydrogen) atoms. The fraction of sp³-hybridized carbons (Fsp3) is 0.320. The van der Waals surface area contributed by atoms with E-state index in [2.05, 4.69) is 87.6 Å². The van der Waals surface area contributed by atoms with Gasteiger partial charge in [-0.3, -0.25) is 14.8 Å². The lowest BCUT2D eigenvalue weighted by Gasteiger charge is -2.42. The minimum atomic E-state index is 0.575. The van der Waals surface area contributed by atoms with Crippen molar-refractivity contribution in [3.05, 3.63) is 102 Å². The summed E-state index contributed by atoms with van der Waals surface area (Å²) in [4.78, 5) is 9.45. The number of aromatic nitrogens is 1. The molecule has 1 saturated heterocycles. The van der Waals surface area contributed by atoms with Gasteiger partial charge in [-0.15, -0.1) is 0 Å². The van der Waals surface area contributed by atoms with Crippen molar-refractivity contribution in [2.24, 2.45) is 0 Å². The van der Waals surface area contributed by atoms with Crippen LogP contribution in [0.25, 0.3) is 0 Å². The number of nitrogens with zero attached hydrogens (tertiary/aromatic N) is 3. The molecule has 1 aliphatic rings. The average molecular weight is 372 g/mol. The molecule has 3 aromatic rings. The second kappa shape index (κ2) is 9.63. The molecule has 0 N–H and O–H groups in total. The molecule has 2 aromatic carbocycles. The Morgan fingerprint density at radius 3 is 2.04 bits per heavy atom. The monoisotopic (exact) mass is 371 g/mol. The topological polar surface area (TPSA) is 19.4 Å². The second-order valence-electron chi connectivity index (χ2n) is 7.72. The average Bonchev–Trinajstić information content (AvgIpc) is 2.76. The van der Waals surface area contributed by atoms with Gasteiger partial charge < -0.3 is 0 Å². The van der Waals surface area contributed by atoms with Gasteiger partial charge in [-0.25, -0.2) is 0 Å². The van der Waals surface area contributed by atoms with Gasteiger partial charge in [0.25, 0.3) is 0 Å². The summed E-state index contributed by atoms with van der Waals surface area (Å²) >= 11 is 0. The summed E-state index contributed by atoms with van der Waals surface area (Å²) < 4.78 is 0. The molecule has 1 aromatic heterocycles. The molecule has 0 aliphatic carbocycles. The van der Waals surface area contributed by atoms with E-state index >= 15 is 0 Å². The molecule has 0 spiro atoms. The van der Waals surface area contributed by atoms with Gasteiger partial charge in [0, 0.05) is 51.2 Å². The summed E-state index contributed by atoms with van der Waals surface area (Å²) in [7, 11) is 0. The molecule has 3 heteroatoms. The highest BCUT2D eigenvalue weighted by atomic mass is 15.3. The summed E-state index contributed by atoms with van der Waals surface area (Å²) in [5.74, 6) is 0. The van der Waals surface area contributed by atoms with E-state index in [4.69, 9.17) is 0 Å². The van der Waals surface area contributed by atoms with Gasteiger partial charge in [0.2, 0.25) is 0 Å². The van der Waals surface area contributed by atoms with E-state index in [1.54, 1.807) is 0 Å². The maximum absolute atomic E-state index is 4.15. The fourth-order valence-corrected chi connectivity index (χ4v) is 4.13. The maximum atomic E-state index is 4.15. The molecule has 1 aliphatic heterocycles. The minimum Gasteiger partial charge on any atom is -0.296 e. The predicted molar refractivity (Wildman–Crippen MR) is 115 cm³/mol. The molecule has 2 heterocycles. The minimum absolute atomic E-state index is 0.575. The molecule has 1 fully saturated rings. The van der Waals surface area contributed by atoms with E-state index in [0.717, 1.165) is 39.1 Å². The van der Waals surface area contributed by atoms with Crippen LogP contribution in [0, 0.1) is 0 Å². The molecular weight excluding hydrogens is 342 g/mol. The van der Waals surface area contributed by atoms with Crippen molar-refractivity contribution in [2.45, 2.75) is 32.0 Å². The Labute approximate surface area is 168 Å². The van der Waals surface area contributed by atoms with Crippen LogP contribution in [0.2, 0.25) is 0 Å². The number of aryl methyl sites for hydroxylation is 1. The van der Waals surface area contributed by atoms with Gasteiger partial charge >= 0.3 is 0 Å². The first-order valence-corrected chi connectivity index (χ1v) is 10.3. The van der Waals surface area contributed by atoms with Crippen LogP contribution in [0.1, 0.15) is 23.1 Å². The van der Waals surface area contributed by atoms with Crippen molar-refractivity contribution in [3.63, 3.8) is 0 Å². The summed E-state index contributed by atoms with van der Waals surface area (Å²) in [6.45, 7) is 5.48. The van der Waals surface area contributed by atoms with Crippen molar-refractivity contribution in [2.75, 3.05) is 19.6 Å². The van der Waals surface area contributed by atoms with Crippen LogP contribution < -0.4 is 0 Å². The van der Waals surface area contributed by atoms with Crippen LogP contribution in [0.4, 0.5) is 0 Å². The van der Waals surface area contributed by atoms with E-state index < -0.39 is 0 Å². The summed E-state index contributed by atoms with van der Waals surface area (Å²) in [6.07, 6.45) is 6.10. The largest absolute Gasteiger partial charge is 0.296 e. The summed E-state index contributed by atoms with van der Waals surface area (Å²) in [6, 6.07) is 26.6. The molecule has 0 bridgehead atoms. The summed E-state index contributed by atoms with van der Waals surface area (Å²) in [5, 5.41) is 0. The third-order valence-electron chi connectivity index (χ3n) is 5.68. The molecular formula is C25H29N3. The smallest absolute Gasteiger partial charge is 0.0270 e. The van der Waals surface area contributed by atoms with Crippen LogP contribution in [0.3, 0.4) is 0 Å². The van der Waals surface area contributed by atoms with E-state index in [1.807, 2.05) is 12.4 Å². The first kappa shape index (κ1) is 18.9. The number of piperazine rings is 1. The van der Waals surface area contributed by atoms with E-state index in [9.17, 15) is 0 Å². The number of hydrogen-bond donors (Lipinski definition) is 0. The third kappa shape index (κ3) is 5.28. The summed E-state index contributed by atoms with van der Waals surface area (Å²) in [5.41, 5.74) is 4.20. The first-order chi connectivity index (χ1) is 13.9. The molecule has 1 atom stereocenters. The van der Waals surface area contributed by atoms with Gasteiger partial charge in [0.05, 0.1) is 0 Å². The van der Waals surface area contributed by atoms with Gasteiger partial charge in [0.1, 0.15) is 0 Å². The molecule has 0 saturated carbocycles. The zero-order chi connectivity index (χ0) is 19.0. The zero-order valence-electron chi connectivity index (χ0n) is 16.5. The molecule has 4 rings (SSSR count). The SMILES string of the molecule is c1ccc(CN2CCN(Cc3ccccc3)[C@@H](CCc3ccncc3)C2)cc1. The lowest BCUT2D eigenvalue weighted by Crippen LogP contribution is -2.52. The second-order valence-corrected chi connectivity index (χ2v) is 7.72. The van der Waals surface area contributed by atoms with E-state index in [1.165, 1.54) is 23.1 Å². The number of benzene rings is 2. The van der Waals surface area contributed by atoms with Crippen LogP contribution in [0.5, 0.6) is 0 Å². The highest BCUT2D eigenvalue weighted by molar-refractivity contribution is 5.16. The molecule has 3 nitrogen and oxygen atoms in total. The van der Waals surface area contributed by atoms with Crippen molar-refractivity contribution >= 4 is 0 Å². The van der Waals surface area contributed by atoms with Crippen LogP contribution in [0.15, 0.2) is 85.2 Å². The Kier molecular flexibility index (Phi) is 6.48. The number of pyridine rings is 1. The highest BCUT2D eigenvalue weighted by Crippen LogP contribution is 2.20. The molecule has 144 valence electrons. The predicted octanol–water partition coefficient (Wildman–Crippen LogP) is 4.40. The Morgan fingerprint density at radius 2 is 1.36 bits per heavy atom. The number of rotatable bonds is 7. The van der Waals surface area contributed by atoms with Gasteiger partial charge in [-0.05, 0) is 41.7 Å². The Morgan fingerprint density at radius 1 is 0.714 bits per heavy atom. The molecule has 0 amide bonds. The quantitative estimate of drug-likeness (QED) is 0.614. The fourth-order valence-electron chi connectivity index (χ4n) is 4.13. The Balaban J connectivity index is 1.43. The third-order valence-corrected chi connectivity index (χ3v) is 5.68. The van der Waals surface area contributed by atoms with E-state index in [0.29, 0.717) is 6.04 Å². The van der Waals surface area contributed by atoms with Crippen molar-refractivity contribution < 1.29 is 0 Å².